The standard InChI is InChI=1S/C19H25N5O/c1-2-17-22-18-16(9-6-10-24(18)23-17)21-19(25)20-12-14-11-15(14)13-7-4-3-5-8-13/h3-5,7-8,14-16H,2,6,9-12H2,1H3,(H2,20,21,25)/t14-,15-,16+/m1/s1. The maximum Gasteiger partial charge on any atom is 0.315 e. The van der Waals surface area contributed by atoms with E-state index in [1.807, 2.05) is 10.7 Å². The molecule has 2 amide bonds. The molecule has 1 fully saturated rings. The van der Waals surface area contributed by atoms with Crippen molar-refractivity contribution in [1.29, 1.82) is 0 Å². The summed E-state index contributed by atoms with van der Waals surface area (Å²) in [5.74, 6) is 2.89. The molecule has 1 aromatic heterocycles. The Bertz CT molecular complexity index is 742. The van der Waals surface area contributed by atoms with Gasteiger partial charge in [0, 0.05) is 19.5 Å². The van der Waals surface area contributed by atoms with Gasteiger partial charge in [0.1, 0.15) is 5.82 Å². The Balaban J connectivity index is 1.28. The Labute approximate surface area is 148 Å². The lowest BCUT2D eigenvalue weighted by Gasteiger charge is -2.23. The molecule has 6 nitrogen and oxygen atoms in total. The third-order valence-electron chi connectivity index (χ3n) is 5.22. The van der Waals surface area contributed by atoms with E-state index in [2.05, 4.69) is 51.9 Å². The second-order valence-electron chi connectivity index (χ2n) is 7.03. The Kier molecular flexibility index (Phi) is 4.42. The maximum absolute atomic E-state index is 12.3. The highest BCUT2D eigenvalue weighted by Gasteiger charge is 2.38. The van der Waals surface area contributed by atoms with Gasteiger partial charge in [0.05, 0.1) is 6.04 Å². The van der Waals surface area contributed by atoms with Crippen molar-refractivity contribution in [1.82, 2.24) is 25.4 Å². The zero-order valence-electron chi connectivity index (χ0n) is 14.6. The largest absolute Gasteiger partial charge is 0.338 e. The van der Waals surface area contributed by atoms with Gasteiger partial charge in [0.2, 0.25) is 0 Å². The number of fused-ring (bicyclic) bond motifs is 1. The third kappa shape index (κ3) is 3.52. The predicted molar refractivity (Wildman–Crippen MR) is 95.2 cm³/mol. The highest BCUT2D eigenvalue weighted by atomic mass is 16.2. The van der Waals surface area contributed by atoms with Crippen LogP contribution in [0, 0.1) is 5.92 Å². The van der Waals surface area contributed by atoms with Crippen molar-refractivity contribution in [2.45, 2.75) is 51.1 Å². The van der Waals surface area contributed by atoms with E-state index in [9.17, 15) is 4.79 Å². The summed E-state index contributed by atoms with van der Waals surface area (Å²) in [5.41, 5.74) is 1.38. The molecule has 1 aliphatic carbocycles. The highest BCUT2D eigenvalue weighted by Crippen LogP contribution is 2.46. The lowest BCUT2D eigenvalue weighted by Crippen LogP contribution is -2.41. The van der Waals surface area contributed by atoms with E-state index >= 15 is 0 Å². The molecular weight excluding hydrogens is 314 g/mol. The molecule has 25 heavy (non-hydrogen) atoms. The monoisotopic (exact) mass is 339 g/mol. The molecule has 2 heterocycles. The van der Waals surface area contributed by atoms with Gasteiger partial charge in [-0.1, -0.05) is 37.3 Å². The molecule has 2 aromatic rings. The number of nitrogens with one attached hydrogen (secondary N) is 2. The van der Waals surface area contributed by atoms with Gasteiger partial charge in [0.15, 0.2) is 5.82 Å². The smallest absolute Gasteiger partial charge is 0.315 e. The van der Waals surface area contributed by atoms with Gasteiger partial charge in [-0.15, -0.1) is 0 Å². The summed E-state index contributed by atoms with van der Waals surface area (Å²) in [7, 11) is 0. The number of carbonyl (C=O) groups excluding carboxylic acids is 1. The van der Waals surface area contributed by atoms with E-state index in [-0.39, 0.29) is 12.1 Å². The summed E-state index contributed by atoms with van der Waals surface area (Å²) in [4.78, 5) is 16.9. The van der Waals surface area contributed by atoms with E-state index in [0.717, 1.165) is 50.4 Å². The Morgan fingerprint density at radius 3 is 2.96 bits per heavy atom. The molecule has 0 saturated heterocycles. The van der Waals surface area contributed by atoms with Crippen molar-refractivity contribution in [3.63, 3.8) is 0 Å². The number of nitrogens with zero attached hydrogens (tertiary/aromatic N) is 3. The van der Waals surface area contributed by atoms with Crippen LogP contribution >= 0.6 is 0 Å². The number of urea groups is 1. The van der Waals surface area contributed by atoms with Gasteiger partial charge >= 0.3 is 6.03 Å². The fourth-order valence-corrected chi connectivity index (χ4v) is 3.70. The number of amides is 2. The zero-order chi connectivity index (χ0) is 17.2. The lowest BCUT2D eigenvalue weighted by atomic mass is 10.1. The first kappa shape index (κ1) is 16.1. The van der Waals surface area contributed by atoms with Crippen LogP contribution in [0.3, 0.4) is 0 Å². The summed E-state index contributed by atoms with van der Waals surface area (Å²) in [6.45, 7) is 3.67. The zero-order valence-corrected chi connectivity index (χ0v) is 14.6. The summed E-state index contributed by atoms with van der Waals surface area (Å²) in [6.07, 6.45) is 3.91. The van der Waals surface area contributed by atoms with Crippen LogP contribution < -0.4 is 10.6 Å². The summed E-state index contributed by atoms with van der Waals surface area (Å²) in [6, 6.07) is 10.4. The molecule has 2 aliphatic rings. The molecule has 132 valence electrons. The van der Waals surface area contributed by atoms with Crippen molar-refractivity contribution in [3.05, 3.63) is 47.5 Å². The van der Waals surface area contributed by atoms with Crippen molar-refractivity contribution in [2.75, 3.05) is 6.54 Å². The number of hydrogen-bond donors (Lipinski definition) is 2. The van der Waals surface area contributed by atoms with E-state index < -0.39 is 0 Å². The number of rotatable bonds is 5. The SMILES string of the molecule is CCc1nc2n(n1)CCC[C@@H]2NC(=O)NC[C@H]1C[C@@H]1c1ccccc1. The van der Waals surface area contributed by atoms with Crippen LogP contribution in [-0.4, -0.2) is 27.3 Å². The molecule has 1 saturated carbocycles. The van der Waals surface area contributed by atoms with Crippen molar-refractivity contribution < 1.29 is 4.79 Å². The topological polar surface area (TPSA) is 71.8 Å². The number of benzene rings is 1. The molecule has 0 bridgehead atoms. The van der Waals surface area contributed by atoms with Crippen LogP contribution in [0.5, 0.6) is 0 Å². The van der Waals surface area contributed by atoms with E-state index in [1.165, 1.54) is 5.56 Å². The normalized spacial score (nSPS) is 24.4. The minimum absolute atomic E-state index is 0.0364. The summed E-state index contributed by atoms with van der Waals surface area (Å²) >= 11 is 0. The molecule has 4 rings (SSSR count). The fourth-order valence-electron chi connectivity index (χ4n) is 3.70. The van der Waals surface area contributed by atoms with E-state index in [0.29, 0.717) is 11.8 Å². The summed E-state index contributed by atoms with van der Waals surface area (Å²) in [5, 5.41) is 10.6. The van der Waals surface area contributed by atoms with Gasteiger partial charge in [-0.2, -0.15) is 5.10 Å². The Morgan fingerprint density at radius 1 is 1.32 bits per heavy atom. The minimum Gasteiger partial charge on any atom is -0.338 e. The van der Waals surface area contributed by atoms with Gasteiger partial charge in [-0.3, -0.25) is 0 Å². The molecule has 2 N–H and O–H groups in total. The molecule has 6 heteroatoms. The number of aromatic nitrogens is 3. The minimum atomic E-state index is -0.0989. The van der Waals surface area contributed by atoms with Crippen molar-refractivity contribution >= 4 is 6.03 Å². The quantitative estimate of drug-likeness (QED) is 0.880. The molecule has 0 unspecified atom stereocenters. The van der Waals surface area contributed by atoms with Crippen LogP contribution in [0.2, 0.25) is 0 Å². The van der Waals surface area contributed by atoms with Crippen LogP contribution in [-0.2, 0) is 13.0 Å². The number of carbonyl (C=O) groups is 1. The first-order valence-electron chi connectivity index (χ1n) is 9.27. The fraction of sp³-hybridized carbons (Fsp3) is 0.526. The van der Waals surface area contributed by atoms with Crippen LogP contribution in [0.1, 0.15) is 55.4 Å². The predicted octanol–water partition coefficient (Wildman–Crippen LogP) is 2.78. The average molecular weight is 339 g/mol. The molecule has 0 radical (unpaired) electrons. The van der Waals surface area contributed by atoms with Gasteiger partial charge in [-0.05, 0) is 36.7 Å². The third-order valence-corrected chi connectivity index (χ3v) is 5.22. The molecule has 3 atom stereocenters. The first-order chi connectivity index (χ1) is 12.2. The van der Waals surface area contributed by atoms with Crippen LogP contribution in [0.4, 0.5) is 4.79 Å². The van der Waals surface area contributed by atoms with Crippen LogP contribution in [0.25, 0.3) is 0 Å². The second-order valence-corrected chi connectivity index (χ2v) is 7.03. The number of aryl methyl sites for hydroxylation is 2. The maximum atomic E-state index is 12.3. The second kappa shape index (κ2) is 6.86. The average Bonchev–Trinajstić information content (AvgIpc) is 3.30. The van der Waals surface area contributed by atoms with Gasteiger partial charge < -0.3 is 10.6 Å². The Morgan fingerprint density at radius 2 is 2.16 bits per heavy atom. The van der Waals surface area contributed by atoms with Crippen molar-refractivity contribution in [2.24, 2.45) is 5.92 Å². The lowest BCUT2D eigenvalue weighted by molar-refractivity contribution is 0.232. The molecular formula is C19H25N5O. The highest BCUT2D eigenvalue weighted by molar-refractivity contribution is 5.74. The van der Waals surface area contributed by atoms with Gasteiger partial charge in [0.25, 0.3) is 0 Å². The molecule has 1 aromatic carbocycles. The first-order valence-corrected chi connectivity index (χ1v) is 9.27. The van der Waals surface area contributed by atoms with E-state index in [4.69, 9.17) is 0 Å². The van der Waals surface area contributed by atoms with Crippen molar-refractivity contribution in [3.8, 4) is 0 Å². The molecule has 0 spiro atoms. The Hall–Kier alpha value is -2.37. The van der Waals surface area contributed by atoms with Crippen LogP contribution in [0.15, 0.2) is 30.3 Å². The molecule has 1 aliphatic heterocycles. The van der Waals surface area contributed by atoms with E-state index in [1.54, 1.807) is 0 Å². The number of hydrogen-bond acceptors (Lipinski definition) is 3. The van der Waals surface area contributed by atoms with Gasteiger partial charge in [-0.25, -0.2) is 14.5 Å². The summed E-state index contributed by atoms with van der Waals surface area (Å²) < 4.78 is 1.94.